The average molecular weight is 355 g/mol. The van der Waals surface area contributed by atoms with Gasteiger partial charge in [-0.1, -0.05) is 0 Å². The zero-order valence-corrected chi connectivity index (χ0v) is 15.1. The van der Waals surface area contributed by atoms with Crippen molar-refractivity contribution >= 4 is 28.4 Å². The summed E-state index contributed by atoms with van der Waals surface area (Å²) < 4.78 is 1.77. The second kappa shape index (κ2) is 7.07. The highest BCUT2D eigenvalue weighted by molar-refractivity contribution is 5.95. The van der Waals surface area contributed by atoms with Crippen LogP contribution in [0.5, 0.6) is 0 Å². The highest BCUT2D eigenvalue weighted by Gasteiger charge is 2.31. The van der Waals surface area contributed by atoms with Crippen molar-refractivity contribution in [2.24, 2.45) is 13.0 Å². The first kappa shape index (κ1) is 17.0. The number of aromatic nitrogens is 2. The number of rotatable bonds is 3. The molecule has 0 radical (unpaired) electrons. The number of amides is 2. The van der Waals surface area contributed by atoms with Crippen LogP contribution in [0.1, 0.15) is 25.7 Å². The molecular weight excluding hydrogens is 330 g/mol. The van der Waals surface area contributed by atoms with Gasteiger partial charge in [-0.2, -0.15) is 5.10 Å². The minimum atomic E-state index is -0.0415. The predicted molar refractivity (Wildman–Crippen MR) is 99.7 cm³/mol. The molecule has 26 heavy (non-hydrogen) atoms. The number of aryl methyl sites for hydroxylation is 1. The Labute approximate surface area is 152 Å². The number of nitrogens with zero attached hydrogens (tertiary/aromatic N) is 3. The van der Waals surface area contributed by atoms with Crippen molar-refractivity contribution in [3.05, 3.63) is 24.4 Å². The molecule has 2 aliphatic heterocycles. The second-order valence-electron chi connectivity index (χ2n) is 7.31. The molecule has 2 saturated heterocycles. The van der Waals surface area contributed by atoms with E-state index < -0.39 is 0 Å². The maximum absolute atomic E-state index is 12.6. The lowest BCUT2D eigenvalue weighted by molar-refractivity contribution is -0.136. The first-order chi connectivity index (χ1) is 12.6. The molecule has 2 amide bonds. The summed E-state index contributed by atoms with van der Waals surface area (Å²) in [5, 5.41) is 11.6. The Kier molecular flexibility index (Phi) is 4.63. The molecular formula is C19H25N5O2. The largest absolute Gasteiger partial charge is 0.341 e. The summed E-state index contributed by atoms with van der Waals surface area (Å²) >= 11 is 0. The molecule has 2 aliphatic rings. The van der Waals surface area contributed by atoms with Crippen LogP contribution >= 0.6 is 0 Å². The van der Waals surface area contributed by atoms with Crippen molar-refractivity contribution in [1.29, 1.82) is 0 Å². The molecule has 2 aromatic rings. The molecule has 138 valence electrons. The molecule has 0 saturated carbocycles. The van der Waals surface area contributed by atoms with Crippen LogP contribution in [-0.2, 0) is 16.6 Å². The van der Waals surface area contributed by atoms with E-state index in [0.29, 0.717) is 13.1 Å². The predicted octanol–water partition coefficient (Wildman–Crippen LogP) is 1.50. The standard InChI is InChI=1S/C19H25N5O2/c1-23-12-14-11-15(4-5-16(14)22-23)21-18(25)13-6-9-24(10-7-13)19(26)17-3-2-8-20-17/h4-5,11-13,17,20H,2-3,6-10H2,1H3,(H,21,25)/t17-/m0/s1. The van der Waals surface area contributed by atoms with Crippen molar-refractivity contribution in [3.8, 4) is 0 Å². The Morgan fingerprint density at radius 3 is 2.77 bits per heavy atom. The highest BCUT2D eigenvalue weighted by atomic mass is 16.2. The molecule has 3 heterocycles. The van der Waals surface area contributed by atoms with Gasteiger partial charge in [0.2, 0.25) is 11.8 Å². The average Bonchev–Trinajstić information content (AvgIpc) is 3.29. The summed E-state index contributed by atoms with van der Waals surface area (Å²) in [6.45, 7) is 2.25. The van der Waals surface area contributed by atoms with Crippen LogP contribution < -0.4 is 10.6 Å². The Morgan fingerprint density at radius 1 is 1.23 bits per heavy atom. The van der Waals surface area contributed by atoms with Gasteiger partial charge in [-0.05, 0) is 50.4 Å². The maximum atomic E-state index is 12.6. The zero-order chi connectivity index (χ0) is 18.1. The van der Waals surface area contributed by atoms with Crippen LogP contribution in [-0.4, -0.2) is 52.2 Å². The lowest BCUT2D eigenvalue weighted by Gasteiger charge is -2.33. The van der Waals surface area contributed by atoms with Crippen molar-refractivity contribution in [1.82, 2.24) is 20.0 Å². The third-order valence-corrected chi connectivity index (χ3v) is 5.42. The van der Waals surface area contributed by atoms with Crippen molar-refractivity contribution in [2.75, 3.05) is 25.0 Å². The molecule has 0 bridgehead atoms. The summed E-state index contributed by atoms with van der Waals surface area (Å²) in [4.78, 5) is 27.0. The van der Waals surface area contributed by atoms with Crippen molar-refractivity contribution in [3.63, 3.8) is 0 Å². The fraction of sp³-hybridized carbons (Fsp3) is 0.526. The van der Waals surface area contributed by atoms with Gasteiger partial charge in [0.25, 0.3) is 0 Å². The molecule has 0 spiro atoms. The molecule has 0 aliphatic carbocycles. The van der Waals surface area contributed by atoms with Crippen LogP contribution in [0.2, 0.25) is 0 Å². The van der Waals surface area contributed by atoms with Gasteiger partial charge in [0.05, 0.1) is 11.6 Å². The number of fused-ring (bicyclic) bond motifs is 1. The van der Waals surface area contributed by atoms with E-state index in [1.165, 1.54) is 0 Å². The minimum absolute atomic E-state index is 0.0217. The Morgan fingerprint density at radius 2 is 2.04 bits per heavy atom. The van der Waals surface area contributed by atoms with Gasteiger partial charge in [0, 0.05) is 43.3 Å². The topological polar surface area (TPSA) is 79.3 Å². The number of likely N-dealkylation sites (tertiary alicyclic amines) is 1. The van der Waals surface area contributed by atoms with E-state index in [1.54, 1.807) is 4.68 Å². The number of hydrogen-bond donors (Lipinski definition) is 2. The quantitative estimate of drug-likeness (QED) is 0.875. The van der Waals surface area contributed by atoms with Crippen LogP contribution in [0.3, 0.4) is 0 Å². The third kappa shape index (κ3) is 3.44. The number of carbonyl (C=O) groups is 2. The van der Waals surface area contributed by atoms with E-state index in [-0.39, 0.29) is 23.8 Å². The number of benzene rings is 1. The highest BCUT2D eigenvalue weighted by Crippen LogP contribution is 2.23. The molecule has 1 aromatic carbocycles. The van der Waals surface area contributed by atoms with E-state index in [0.717, 1.165) is 48.8 Å². The fourth-order valence-corrected chi connectivity index (χ4v) is 3.95. The van der Waals surface area contributed by atoms with E-state index >= 15 is 0 Å². The Hall–Kier alpha value is -2.41. The van der Waals surface area contributed by atoms with Gasteiger partial charge in [0.1, 0.15) is 0 Å². The van der Waals surface area contributed by atoms with Gasteiger partial charge >= 0.3 is 0 Å². The van der Waals surface area contributed by atoms with Gasteiger partial charge < -0.3 is 15.5 Å². The number of anilines is 1. The number of piperidine rings is 1. The zero-order valence-electron chi connectivity index (χ0n) is 15.1. The van der Waals surface area contributed by atoms with Gasteiger partial charge in [-0.3, -0.25) is 14.3 Å². The molecule has 4 rings (SSSR count). The summed E-state index contributed by atoms with van der Waals surface area (Å²) in [5.74, 6) is 0.197. The van der Waals surface area contributed by atoms with Crippen LogP contribution in [0.25, 0.3) is 10.9 Å². The fourth-order valence-electron chi connectivity index (χ4n) is 3.95. The Bertz CT molecular complexity index is 816. The summed E-state index contributed by atoms with van der Waals surface area (Å²) in [6, 6.07) is 5.73. The molecule has 0 unspecified atom stereocenters. The van der Waals surface area contributed by atoms with Crippen LogP contribution in [0.15, 0.2) is 24.4 Å². The summed E-state index contributed by atoms with van der Waals surface area (Å²) in [5.41, 5.74) is 1.71. The van der Waals surface area contributed by atoms with Crippen molar-refractivity contribution < 1.29 is 9.59 Å². The second-order valence-corrected chi connectivity index (χ2v) is 7.31. The molecule has 7 nitrogen and oxygen atoms in total. The van der Waals surface area contributed by atoms with Gasteiger partial charge in [0.15, 0.2) is 0 Å². The maximum Gasteiger partial charge on any atom is 0.239 e. The number of hydrogen-bond acceptors (Lipinski definition) is 4. The number of nitrogens with one attached hydrogen (secondary N) is 2. The van der Waals surface area contributed by atoms with Crippen LogP contribution in [0, 0.1) is 5.92 Å². The third-order valence-electron chi connectivity index (χ3n) is 5.42. The van der Waals surface area contributed by atoms with Gasteiger partial charge in [-0.15, -0.1) is 0 Å². The van der Waals surface area contributed by atoms with Crippen molar-refractivity contribution in [2.45, 2.75) is 31.7 Å². The summed E-state index contributed by atoms with van der Waals surface area (Å²) in [6.07, 6.45) is 5.37. The van der Waals surface area contributed by atoms with E-state index in [4.69, 9.17) is 0 Å². The normalized spacial score (nSPS) is 21.3. The van der Waals surface area contributed by atoms with E-state index in [1.807, 2.05) is 36.3 Å². The SMILES string of the molecule is Cn1cc2cc(NC(=O)C3CCN(C(=O)[C@@H]4CCCN4)CC3)ccc2n1. The Balaban J connectivity index is 1.33. The van der Waals surface area contributed by atoms with Gasteiger partial charge in [-0.25, -0.2) is 0 Å². The van der Waals surface area contributed by atoms with Crippen LogP contribution in [0.4, 0.5) is 5.69 Å². The first-order valence-electron chi connectivity index (χ1n) is 9.36. The molecule has 2 N–H and O–H groups in total. The molecule has 2 fully saturated rings. The lowest BCUT2D eigenvalue weighted by Crippen LogP contribution is -2.48. The van der Waals surface area contributed by atoms with E-state index in [9.17, 15) is 9.59 Å². The minimum Gasteiger partial charge on any atom is -0.341 e. The first-order valence-corrected chi connectivity index (χ1v) is 9.36. The lowest BCUT2D eigenvalue weighted by atomic mass is 9.95. The summed E-state index contributed by atoms with van der Waals surface area (Å²) in [7, 11) is 1.88. The molecule has 1 atom stereocenters. The molecule has 7 heteroatoms. The van der Waals surface area contributed by atoms with E-state index in [2.05, 4.69) is 15.7 Å². The number of carbonyl (C=O) groups excluding carboxylic acids is 2. The monoisotopic (exact) mass is 355 g/mol. The molecule has 1 aromatic heterocycles. The smallest absolute Gasteiger partial charge is 0.239 e.